The van der Waals surface area contributed by atoms with Crippen LogP contribution in [0.3, 0.4) is 0 Å². The van der Waals surface area contributed by atoms with Crippen molar-refractivity contribution in [1.29, 1.82) is 0 Å². The molecule has 0 aromatic heterocycles. The molecular formula is C30H44O2. The fourth-order valence-corrected chi connectivity index (χ4v) is 7.26. The zero-order valence-electron chi connectivity index (χ0n) is 20.3. The van der Waals surface area contributed by atoms with Crippen LogP contribution in [0.1, 0.15) is 96.0 Å². The second kappa shape index (κ2) is 11.5. The molecule has 32 heavy (non-hydrogen) atoms. The van der Waals surface area contributed by atoms with Gasteiger partial charge in [0.05, 0.1) is 5.92 Å². The van der Waals surface area contributed by atoms with Crippen molar-refractivity contribution in [3.63, 3.8) is 0 Å². The molecule has 0 saturated heterocycles. The Morgan fingerprint density at radius 1 is 0.969 bits per heavy atom. The van der Waals surface area contributed by atoms with E-state index < -0.39 is 0 Å². The van der Waals surface area contributed by atoms with Crippen LogP contribution >= 0.6 is 0 Å². The van der Waals surface area contributed by atoms with E-state index in [1.54, 1.807) is 0 Å². The molecule has 3 aliphatic rings. The number of fused-ring (bicyclic) bond motifs is 1. The summed E-state index contributed by atoms with van der Waals surface area (Å²) in [5.41, 5.74) is 1.27. The van der Waals surface area contributed by atoms with Crippen LogP contribution in [-0.2, 0) is 11.2 Å². The van der Waals surface area contributed by atoms with E-state index in [0.717, 1.165) is 42.9 Å². The molecule has 4 unspecified atom stereocenters. The molecule has 1 aromatic rings. The summed E-state index contributed by atoms with van der Waals surface area (Å²) in [6.07, 6.45) is 20.0. The van der Waals surface area contributed by atoms with Crippen LogP contribution in [0.4, 0.5) is 0 Å². The molecule has 0 bridgehead atoms. The number of benzene rings is 1. The zero-order valence-corrected chi connectivity index (χ0v) is 20.3. The molecule has 0 aliphatic heterocycles. The van der Waals surface area contributed by atoms with Crippen molar-refractivity contribution < 1.29 is 9.53 Å². The lowest BCUT2D eigenvalue weighted by Gasteiger charge is -2.46. The van der Waals surface area contributed by atoms with Gasteiger partial charge in [0.15, 0.2) is 0 Å². The normalized spacial score (nSPS) is 32.7. The molecule has 0 amide bonds. The van der Waals surface area contributed by atoms with Crippen molar-refractivity contribution in [1.82, 2.24) is 0 Å². The molecule has 0 spiro atoms. The summed E-state index contributed by atoms with van der Waals surface area (Å²) in [7, 11) is 0. The highest BCUT2D eigenvalue weighted by Crippen LogP contribution is 2.50. The monoisotopic (exact) mass is 436 g/mol. The fourth-order valence-electron chi connectivity index (χ4n) is 7.26. The molecule has 2 heteroatoms. The topological polar surface area (TPSA) is 26.3 Å². The van der Waals surface area contributed by atoms with Crippen molar-refractivity contribution >= 4 is 5.97 Å². The maximum Gasteiger partial charge on any atom is 0.314 e. The van der Waals surface area contributed by atoms with E-state index >= 15 is 0 Å². The van der Waals surface area contributed by atoms with Crippen LogP contribution in [0.5, 0.6) is 5.75 Å². The van der Waals surface area contributed by atoms with Gasteiger partial charge < -0.3 is 4.74 Å². The molecule has 2 nitrogen and oxygen atoms in total. The number of carbonyl (C=O) groups is 1. The minimum Gasteiger partial charge on any atom is -0.426 e. The Morgan fingerprint density at radius 3 is 2.44 bits per heavy atom. The van der Waals surface area contributed by atoms with Crippen LogP contribution in [-0.4, -0.2) is 5.97 Å². The number of hydrogen-bond donors (Lipinski definition) is 0. The van der Waals surface area contributed by atoms with Crippen molar-refractivity contribution in [2.24, 2.45) is 35.5 Å². The number of aryl methyl sites for hydroxylation is 1. The van der Waals surface area contributed by atoms with Gasteiger partial charge in [0.2, 0.25) is 0 Å². The van der Waals surface area contributed by atoms with Gasteiger partial charge in [-0.25, -0.2) is 0 Å². The summed E-state index contributed by atoms with van der Waals surface area (Å²) >= 11 is 0. The van der Waals surface area contributed by atoms with Gasteiger partial charge in [0.25, 0.3) is 0 Å². The molecule has 1 aromatic carbocycles. The first kappa shape index (κ1) is 23.6. The van der Waals surface area contributed by atoms with E-state index in [-0.39, 0.29) is 11.9 Å². The lowest BCUT2D eigenvalue weighted by molar-refractivity contribution is -0.144. The Kier molecular flexibility index (Phi) is 8.49. The van der Waals surface area contributed by atoms with E-state index in [4.69, 9.17) is 4.74 Å². The minimum absolute atomic E-state index is 0.0251. The van der Waals surface area contributed by atoms with Gasteiger partial charge in [-0.15, -0.1) is 6.58 Å². The molecule has 4 atom stereocenters. The Bertz CT molecular complexity index is 728. The standard InChI is InChI=1S/C30H44O2/c1-3-5-8-23-13-18-27(19-14-23)32-30(31)29-10-6-9-26-21-25(17-20-28(26)29)24-15-11-22(7-4-2)12-16-24/h3,13-14,18-19,22,24-26,28-29H,1,4-12,15-17,20-21H2,2H3. The van der Waals surface area contributed by atoms with E-state index in [9.17, 15) is 4.79 Å². The third kappa shape index (κ3) is 5.86. The third-order valence-corrected chi connectivity index (χ3v) is 9.03. The van der Waals surface area contributed by atoms with Crippen LogP contribution in [0.25, 0.3) is 0 Å². The van der Waals surface area contributed by atoms with Crippen molar-refractivity contribution in [2.45, 2.75) is 96.8 Å². The Hall–Kier alpha value is -1.57. The largest absolute Gasteiger partial charge is 0.426 e. The highest BCUT2D eigenvalue weighted by atomic mass is 16.5. The first-order valence-corrected chi connectivity index (χ1v) is 13.6. The molecule has 3 fully saturated rings. The summed E-state index contributed by atoms with van der Waals surface area (Å²) in [6, 6.07) is 8.08. The smallest absolute Gasteiger partial charge is 0.314 e. The third-order valence-electron chi connectivity index (χ3n) is 9.03. The zero-order chi connectivity index (χ0) is 22.3. The number of esters is 1. The maximum atomic E-state index is 13.1. The quantitative estimate of drug-likeness (QED) is 0.233. The highest BCUT2D eigenvalue weighted by molar-refractivity contribution is 5.75. The van der Waals surface area contributed by atoms with Gasteiger partial charge in [-0.2, -0.15) is 0 Å². The van der Waals surface area contributed by atoms with E-state index in [1.165, 1.54) is 76.2 Å². The molecule has 176 valence electrons. The van der Waals surface area contributed by atoms with Crippen molar-refractivity contribution in [3.05, 3.63) is 42.5 Å². The van der Waals surface area contributed by atoms with E-state index in [0.29, 0.717) is 11.7 Å². The second-order valence-electron chi connectivity index (χ2n) is 11.0. The predicted octanol–water partition coefficient (Wildman–Crippen LogP) is 8.15. The number of allylic oxidation sites excluding steroid dienone is 1. The summed E-state index contributed by atoms with van der Waals surface area (Å²) in [5.74, 6) is 5.00. The van der Waals surface area contributed by atoms with E-state index in [2.05, 4.69) is 25.6 Å². The van der Waals surface area contributed by atoms with Gasteiger partial charge in [0, 0.05) is 0 Å². The second-order valence-corrected chi connectivity index (χ2v) is 11.0. The number of ether oxygens (including phenoxy) is 1. The van der Waals surface area contributed by atoms with Crippen LogP contribution in [0.15, 0.2) is 36.9 Å². The lowest BCUT2D eigenvalue weighted by Crippen LogP contribution is -2.40. The summed E-state index contributed by atoms with van der Waals surface area (Å²) in [6.45, 7) is 6.12. The van der Waals surface area contributed by atoms with Gasteiger partial charge in [0.1, 0.15) is 5.75 Å². The SMILES string of the molecule is C=CCCc1ccc(OC(=O)C2CCCC3CC(C4CCC(CCC)CC4)CCC32)cc1. The Morgan fingerprint density at radius 2 is 1.72 bits per heavy atom. The van der Waals surface area contributed by atoms with Gasteiger partial charge >= 0.3 is 5.97 Å². The van der Waals surface area contributed by atoms with Gasteiger partial charge in [-0.3, -0.25) is 4.79 Å². The summed E-state index contributed by atoms with van der Waals surface area (Å²) in [4.78, 5) is 13.1. The highest BCUT2D eigenvalue weighted by Gasteiger charge is 2.43. The van der Waals surface area contributed by atoms with Gasteiger partial charge in [-0.05, 0) is 98.7 Å². The Labute approximate surface area is 196 Å². The van der Waals surface area contributed by atoms with Crippen LogP contribution < -0.4 is 4.74 Å². The molecule has 0 radical (unpaired) electrons. The molecular weight excluding hydrogens is 392 g/mol. The van der Waals surface area contributed by atoms with Crippen molar-refractivity contribution in [2.75, 3.05) is 0 Å². The van der Waals surface area contributed by atoms with E-state index in [1.807, 2.05) is 18.2 Å². The number of carbonyl (C=O) groups excluding carboxylic acids is 1. The molecule has 0 N–H and O–H groups in total. The molecule has 4 rings (SSSR count). The maximum absolute atomic E-state index is 13.1. The van der Waals surface area contributed by atoms with Crippen LogP contribution in [0, 0.1) is 35.5 Å². The number of hydrogen-bond acceptors (Lipinski definition) is 2. The summed E-state index contributed by atoms with van der Waals surface area (Å²) < 4.78 is 5.88. The average molecular weight is 437 g/mol. The number of rotatable bonds is 8. The fraction of sp³-hybridized carbons (Fsp3) is 0.700. The first-order chi connectivity index (χ1) is 15.7. The van der Waals surface area contributed by atoms with Crippen molar-refractivity contribution in [3.8, 4) is 5.75 Å². The van der Waals surface area contributed by atoms with Crippen LogP contribution in [0.2, 0.25) is 0 Å². The molecule has 0 heterocycles. The summed E-state index contributed by atoms with van der Waals surface area (Å²) in [5, 5.41) is 0. The lowest BCUT2D eigenvalue weighted by atomic mass is 9.59. The van der Waals surface area contributed by atoms with Gasteiger partial charge in [-0.1, -0.05) is 63.7 Å². The average Bonchev–Trinajstić information content (AvgIpc) is 2.83. The Balaban J connectivity index is 1.29. The molecule has 3 aliphatic carbocycles. The minimum atomic E-state index is 0.0251. The predicted molar refractivity (Wildman–Crippen MR) is 133 cm³/mol. The molecule has 3 saturated carbocycles. The first-order valence-electron chi connectivity index (χ1n) is 13.6.